The van der Waals surface area contributed by atoms with Gasteiger partial charge in [0.2, 0.25) is 0 Å². The van der Waals surface area contributed by atoms with Gasteiger partial charge in [-0.1, -0.05) is 41.4 Å². The lowest BCUT2D eigenvalue weighted by molar-refractivity contribution is 0.0951. The summed E-state index contributed by atoms with van der Waals surface area (Å²) in [6.45, 7) is 2.29. The molecule has 0 aromatic heterocycles. The topological polar surface area (TPSA) is 41.1 Å². The van der Waals surface area contributed by atoms with Gasteiger partial charge >= 0.3 is 0 Å². The maximum Gasteiger partial charge on any atom is 0.251 e. The molecule has 0 radical (unpaired) electrons. The molecular weight excluding hydrogens is 307 g/mol. The van der Waals surface area contributed by atoms with Gasteiger partial charge in [-0.25, -0.2) is 0 Å². The molecule has 0 fully saturated rings. The standard InChI is InChI=1S/C16H14Cl2N2O/c17-14-4-12(5-15(18)6-14)16(21)20-7-10-1-2-11-8-19-9-13(11)3-10/h1-6,19H,7-9H2,(H,20,21). The smallest absolute Gasteiger partial charge is 0.251 e. The summed E-state index contributed by atoms with van der Waals surface area (Å²) in [5.74, 6) is -0.182. The van der Waals surface area contributed by atoms with E-state index in [2.05, 4.69) is 22.8 Å². The van der Waals surface area contributed by atoms with E-state index in [-0.39, 0.29) is 5.91 Å². The zero-order chi connectivity index (χ0) is 14.8. The fraction of sp³-hybridized carbons (Fsp3) is 0.188. The van der Waals surface area contributed by atoms with Crippen molar-refractivity contribution in [1.29, 1.82) is 0 Å². The number of hydrogen-bond donors (Lipinski definition) is 2. The van der Waals surface area contributed by atoms with Crippen molar-refractivity contribution in [2.24, 2.45) is 0 Å². The van der Waals surface area contributed by atoms with Crippen molar-refractivity contribution in [2.75, 3.05) is 0 Å². The van der Waals surface area contributed by atoms with E-state index in [1.165, 1.54) is 11.1 Å². The molecule has 3 rings (SSSR count). The fourth-order valence-electron chi connectivity index (χ4n) is 2.43. The molecule has 2 aromatic rings. The molecule has 0 unspecified atom stereocenters. The molecule has 0 aliphatic carbocycles. The van der Waals surface area contributed by atoms with Gasteiger partial charge in [-0.15, -0.1) is 0 Å². The Hall–Kier alpha value is -1.55. The highest BCUT2D eigenvalue weighted by Crippen LogP contribution is 2.20. The first-order valence-electron chi connectivity index (χ1n) is 6.67. The molecule has 1 amide bonds. The number of fused-ring (bicyclic) bond motifs is 1. The van der Waals surface area contributed by atoms with E-state index in [0.29, 0.717) is 22.2 Å². The molecule has 0 spiro atoms. The second-order valence-corrected chi connectivity index (χ2v) is 5.92. The first-order valence-corrected chi connectivity index (χ1v) is 7.43. The van der Waals surface area contributed by atoms with Crippen LogP contribution in [0.5, 0.6) is 0 Å². The van der Waals surface area contributed by atoms with Crippen LogP contribution in [0, 0.1) is 0 Å². The van der Waals surface area contributed by atoms with Gasteiger partial charge in [0.25, 0.3) is 5.91 Å². The van der Waals surface area contributed by atoms with Crippen LogP contribution in [-0.2, 0) is 19.6 Å². The number of hydrogen-bond acceptors (Lipinski definition) is 2. The summed E-state index contributed by atoms with van der Waals surface area (Å²) in [5, 5.41) is 7.10. The molecule has 0 atom stereocenters. The van der Waals surface area contributed by atoms with E-state index in [4.69, 9.17) is 23.2 Å². The van der Waals surface area contributed by atoms with E-state index >= 15 is 0 Å². The van der Waals surface area contributed by atoms with Crippen LogP contribution in [0.2, 0.25) is 10.0 Å². The zero-order valence-corrected chi connectivity index (χ0v) is 12.8. The SMILES string of the molecule is O=C(NCc1ccc2c(c1)CNC2)c1cc(Cl)cc(Cl)c1. The fourth-order valence-corrected chi connectivity index (χ4v) is 2.95. The van der Waals surface area contributed by atoms with Crippen molar-refractivity contribution in [1.82, 2.24) is 10.6 Å². The second-order valence-electron chi connectivity index (χ2n) is 5.05. The predicted molar refractivity (Wildman–Crippen MR) is 84.6 cm³/mol. The zero-order valence-electron chi connectivity index (χ0n) is 11.2. The Kier molecular flexibility index (Phi) is 4.15. The summed E-state index contributed by atoms with van der Waals surface area (Å²) in [6.07, 6.45) is 0. The van der Waals surface area contributed by atoms with Crippen LogP contribution in [-0.4, -0.2) is 5.91 Å². The Labute approximate surface area is 133 Å². The average Bonchev–Trinajstić information content (AvgIpc) is 2.91. The normalized spacial score (nSPS) is 13.0. The number of nitrogens with one attached hydrogen (secondary N) is 2. The molecule has 21 heavy (non-hydrogen) atoms. The molecule has 0 saturated carbocycles. The lowest BCUT2D eigenvalue weighted by Gasteiger charge is -2.08. The monoisotopic (exact) mass is 320 g/mol. The molecule has 108 valence electrons. The van der Waals surface area contributed by atoms with Crippen LogP contribution >= 0.6 is 23.2 Å². The van der Waals surface area contributed by atoms with Crippen molar-refractivity contribution in [2.45, 2.75) is 19.6 Å². The molecule has 0 saturated heterocycles. The third-order valence-electron chi connectivity index (χ3n) is 3.48. The number of benzene rings is 2. The van der Waals surface area contributed by atoms with Gasteiger partial charge in [-0.05, 0) is 34.9 Å². The predicted octanol–water partition coefficient (Wildman–Crippen LogP) is 3.53. The van der Waals surface area contributed by atoms with Crippen LogP contribution in [0.25, 0.3) is 0 Å². The van der Waals surface area contributed by atoms with E-state index < -0.39 is 0 Å². The summed E-state index contributed by atoms with van der Waals surface area (Å²) in [7, 11) is 0. The van der Waals surface area contributed by atoms with Crippen molar-refractivity contribution >= 4 is 29.1 Å². The Bertz CT molecular complexity index is 680. The van der Waals surface area contributed by atoms with E-state index in [1.54, 1.807) is 18.2 Å². The Morgan fingerprint density at radius 3 is 2.52 bits per heavy atom. The Morgan fingerprint density at radius 2 is 1.76 bits per heavy atom. The third kappa shape index (κ3) is 3.38. The van der Waals surface area contributed by atoms with Crippen molar-refractivity contribution in [3.8, 4) is 0 Å². The maximum atomic E-state index is 12.1. The minimum absolute atomic E-state index is 0.182. The van der Waals surface area contributed by atoms with Gasteiger partial charge < -0.3 is 10.6 Å². The van der Waals surface area contributed by atoms with Crippen LogP contribution < -0.4 is 10.6 Å². The van der Waals surface area contributed by atoms with Gasteiger partial charge in [-0.2, -0.15) is 0 Å². The van der Waals surface area contributed by atoms with Gasteiger partial charge in [-0.3, -0.25) is 4.79 Å². The van der Waals surface area contributed by atoms with Crippen LogP contribution in [0.1, 0.15) is 27.0 Å². The van der Waals surface area contributed by atoms with Crippen molar-refractivity contribution < 1.29 is 4.79 Å². The van der Waals surface area contributed by atoms with Gasteiger partial charge in [0, 0.05) is 35.2 Å². The minimum Gasteiger partial charge on any atom is -0.348 e. The van der Waals surface area contributed by atoms with Gasteiger partial charge in [0.05, 0.1) is 0 Å². The van der Waals surface area contributed by atoms with Crippen LogP contribution in [0.4, 0.5) is 0 Å². The molecular formula is C16H14Cl2N2O. The summed E-state index contributed by atoms with van der Waals surface area (Å²) >= 11 is 11.8. The van der Waals surface area contributed by atoms with Crippen molar-refractivity contribution in [3.63, 3.8) is 0 Å². The maximum absolute atomic E-state index is 12.1. The number of carbonyl (C=O) groups is 1. The van der Waals surface area contributed by atoms with Crippen LogP contribution in [0.3, 0.4) is 0 Å². The summed E-state index contributed by atoms with van der Waals surface area (Å²) < 4.78 is 0. The first-order chi connectivity index (χ1) is 10.1. The molecule has 1 aliphatic rings. The number of carbonyl (C=O) groups excluding carboxylic acids is 1. The second kappa shape index (κ2) is 6.06. The highest BCUT2D eigenvalue weighted by molar-refractivity contribution is 6.35. The molecule has 3 nitrogen and oxygen atoms in total. The highest BCUT2D eigenvalue weighted by atomic mass is 35.5. The van der Waals surface area contributed by atoms with Crippen molar-refractivity contribution in [3.05, 3.63) is 68.7 Å². The molecule has 5 heteroatoms. The Balaban J connectivity index is 1.68. The summed E-state index contributed by atoms with van der Waals surface area (Å²) in [6, 6.07) is 11.1. The number of amides is 1. The lowest BCUT2D eigenvalue weighted by atomic mass is 10.1. The van der Waals surface area contributed by atoms with E-state index in [0.717, 1.165) is 18.7 Å². The van der Waals surface area contributed by atoms with Crippen LogP contribution in [0.15, 0.2) is 36.4 Å². The third-order valence-corrected chi connectivity index (χ3v) is 3.92. The lowest BCUT2D eigenvalue weighted by Crippen LogP contribution is -2.22. The van der Waals surface area contributed by atoms with E-state index in [1.807, 2.05) is 6.07 Å². The highest BCUT2D eigenvalue weighted by Gasteiger charge is 2.11. The summed E-state index contributed by atoms with van der Waals surface area (Å²) in [4.78, 5) is 12.1. The molecule has 2 N–H and O–H groups in total. The molecule has 2 aromatic carbocycles. The first kappa shape index (κ1) is 14.4. The minimum atomic E-state index is -0.182. The molecule has 1 aliphatic heterocycles. The Morgan fingerprint density at radius 1 is 1.05 bits per heavy atom. The van der Waals surface area contributed by atoms with Gasteiger partial charge in [0.15, 0.2) is 0 Å². The largest absolute Gasteiger partial charge is 0.348 e. The number of halogens is 2. The van der Waals surface area contributed by atoms with E-state index in [9.17, 15) is 4.79 Å². The quantitative estimate of drug-likeness (QED) is 0.908. The summed E-state index contributed by atoms with van der Waals surface area (Å²) in [5.41, 5.74) is 4.17. The average molecular weight is 321 g/mol. The molecule has 0 bridgehead atoms. The van der Waals surface area contributed by atoms with Gasteiger partial charge in [0.1, 0.15) is 0 Å². The number of rotatable bonds is 3. The molecule has 1 heterocycles.